The minimum absolute atomic E-state index is 0.223. The Labute approximate surface area is 185 Å². The lowest BCUT2D eigenvalue weighted by molar-refractivity contribution is -0.127. The van der Waals surface area contributed by atoms with Gasteiger partial charge in [-0.2, -0.15) is 0 Å². The summed E-state index contributed by atoms with van der Waals surface area (Å²) >= 11 is 0. The molecule has 5 rings (SSSR count). The van der Waals surface area contributed by atoms with Gasteiger partial charge >= 0.3 is 0 Å². The molecule has 0 unspecified atom stereocenters. The van der Waals surface area contributed by atoms with Crippen LogP contribution in [0.3, 0.4) is 0 Å². The minimum Gasteiger partial charge on any atom is -0.454 e. The summed E-state index contributed by atoms with van der Waals surface area (Å²) in [5.41, 5.74) is 1.33. The summed E-state index contributed by atoms with van der Waals surface area (Å²) in [6, 6.07) is 6.70. The number of carbonyl (C=O) groups excluding carboxylic acids is 1. The molecule has 31 heavy (non-hydrogen) atoms. The van der Waals surface area contributed by atoms with E-state index in [1.165, 1.54) is 57.3 Å². The maximum atomic E-state index is 12.1. The van der Waals surface area contributed by atoms with E-state index in [-0.39, 0.29) is 5.91 Å². The normalized spacial score (nSPS) is 27.1. The van der Waals surface area contributed by atoms with Gasteiger partial charge in [-0.1, -0.05) is 12.1 Å². The number of nitrogens with zero attached hydrogens (tertiary/aromatic N) is 1. The van der Waals surface area contributed by atoms with Crippen molar-refractivity contribution in [1.82, 2.24) is 10.2 Å². The van der Waals surface area contributed by atoms with Crippen LogP contribution in [0.4, 0.5) is 0 Å². The van der Waals surface area contributed by atoms with Crippen LogP contribution in [-0.2, 0) is 9.53 Å². The number of nitrogens with one attached hydrogen (secondary N) is 1. The first-order valence-electron chi connectivity index (χ1n) is 12.2. The first-order chi connectivity index (χ1) is 15.2. The lowest BCUT2D eigenvalue weighted by Crippen LogP contribution is -2.41. The lowest BCUT2D eigenvalue weighted by atomic mass is 9.83. The van der Waals surface area contributed by atoms with Gasteiger partial charge in [-0.3, -0.25) is 4.79 Å². The van der Waals surface area contributed by atoms with Crippen molar-refractivity contribution in [3.05, 3.63) is 23.8 Å². The highest BCUT2D eigenvalue weighted by molar-refractivity contribution is 5.76. The van der Waals surface area contributed by atoms with Gasteiger partial charge in [0.1, 0.15) is 0 Å². The molecule has 3 heterocycles. The Kier molecular flexibility index (Phi) is 6.65. The monoisotopic (exact) mass is 428 g/mol. The Bertz CT molecular complexity index is 750. The van der Waals surface area contributed by atoms with Crippen molar-refractivity contribution in [2.24, 2.45) is 11.8 Å². The third-order valence-electron chi connectivity index (χ3n) is 7.70. The molecule has 6 heteroatoms. The maximum absolute atomic E-state index is 12.1. The smallest absolute Gasteiger partial charge is 0.231 e. The molecule has 0 aromatic heterocycles. The van der Waals surface area contributed by atoms with E-state index in [4.69, 9.17) is 14.2 Å². The Morgan fingerprint density at radius 2 is 1.81 bits per heavy atom. The number of fused-ring (bicyclic) bond motifs is 1. The molecular weight excluding hydrogens is 392 g/mol. The van der Waals surface area contributed by atoms with Crippen molar-refractivity contribution >= 4 is 5.91 Å². The summed E-state index contributed by atoms with van der Waals surface area (Å²) < 4.78 is 16.4. The van der Waals surface area contributed by atoms with Crippen molar-refractivity contribution < 1.29 is 19.0 Å². The first-order valence-corrected chi connectivity index (χ1v) is 12.2. The van der Waals surface area contributed by atoms with E-state index >= 15 is 0 Å². The van der Waals surface area contributed by atoms with Gasteiger partial charge in [0.25, 0.3) is 0 Å². The molecule has 0 bridgehead atoms. The second-order valence-corrected chi connectivity index (χ2v) is 9.88. The summed E-state index contributed by atoms with van der Waals surface area (Å²) in [5, 5.41) is 3.26. The Balaban J connectivity index is 0.995. The molecule has 3 fully saturated rings. The fourth-order valence-corrected chi connectivity index (χ4v) is 5.65. The molecule has 0 atom stereocenters. The third kappa shape index (κ3) is 5.17. The van der Waals surface area contributed by atoms with Gasteiger partial charge in [-0.25, -0.2) is 0 Å². The summed E-state index contributed by atoms with van der Waals surface area (Å²) in [5.74, 6) is 3.95. The zero-order valence-electron chi connectivity index (χ0n) is 18.5. The van der Waals surface area contributed by atoms with Gasteiger partial charge in [-0.05, 0) is 82.5 Å². The number of piperidine rings is 1. The number of ether oxygens (including phenoxy) is 3. The molecule has 0 spiro atoms. The van der Waals surface area contributed by atoms with E-state index in [0.717, 1.165) is 43.5 Å². The van der Waals surface area contributed by atoms with Crippen LogP contribution in [0.25, 0.3) is 0 Å². The van der Waals surface area contributed by atoms with Crippen LogP contribution in [0.15, 0.2) is 18.2 Å². The molecule has 0 radical (unpaired) electrons. The second kappa shape index (κ2) is 9.78. The molecule has 1 amide bonds. The van der Waals surface area contributed by atoms with Crippen molar-refractivity contribution in [3.8, 4) is 11.5 Å². The van der Waals surface area contributed by atoms with Crippen molar-refractivity contribution in [2.75, 3.05) is 39.6 Å². The molecule has 3 aliphatic heterocycles. The average Bonchev–Trinajstić information content (AvgIpc) is 3.25. The maximum Gasteiger partial charge on any atom is 0.231 e. The highest BCUT2D eigenvalue weighted by Crippen LogP contribution is 2.42. The Morgan fingerprint density at radius 3 is 2.55 bits per heavy atom. The number of carbonyl (C=O) groups is 1. The van der Waals surface area contributed by atoms with Crippen molar-refractivity contribution in [1.29, 1.82) is 0 Å². The zero-order valence-corrected chi connectivity index (χ0v) is 18.5. The largest absolute Gasteiger partial charge is 0.454 e. The third-order valence-corrected chi connectivity index (χ3v) is 7.70. The van der Waals surface area contributed by atoms with Gasteiger partial charge in [0, 0.05) is 23.9 Å². The molecule has 1 saturated carbocycles. The number of para-hydroxylation sites is 1. The topological polar surface area (TPSA) is 60.0 Å². The summed E-state index contributed by atoms with van der Waals surface area (Å²) in [7, 11) is 0. The molecule has 1 aliphatic carbocycles. The molecule has 1 N–H and O–H groups in total. The number of amides is 1. The molecule has 170 valence electrons. The van der Waals surface area contributed by atoms with E-state index in [2.05, 4.69) is 22.3 Å². The van der Waals surface area contributed by atoms with Crippen molar-refractivity contribution in [2.45, 2.75) is 63.3 Å². The summed E-state index contributed by atoms with van der Waals surface area (Å²) in [6.45, 7) is 5.42. The molecular formula is C25H36N2O4. The number of hydrogen-bond acceptors (Lipinski definition) is 5. The van der Waals surface area contributed by atoms with Gasteiger partial charge < -0.3 is 24.4 Å². The quantitative estimate of drug-likeness (QED) is 0.718. The van der Waals surface area contributed by atoms with Crippen LogP contribution < -0.4 is 14.8 Å². The number of hydrogen-bond donors (Lipinski definition) is 1. The van der Waals surface area contributed by atoms with Crippen LogP contribution >= 0.6 is 0 Å². The summed E-state index contributed by atoms with van der Waals surface area (Å²) in [6.07, 6.45) is 9.11. The summed E-state index contributed by atoms with van der Waals surface area (Å²) in [4.78, 5) is 14.8. The predicted molar refractivity (Wildman–Crippen MR) is 118 cm³/mol. The van der Waals surface area contributed by atoms with E-state index in [9.17, 15) is 4.79 Å². The number of likely N-dealkylation sites (tertiary alicyclic amines) is 1. The standard InChI is InChI=1S/C25H36N2O4/c28-24(14-19-15-29-16-19)26-21-6-4-18(5-7-21)8-11-27-12-9-20(10-13-27)22-2-1-3-23-25(22)31-17-30-23/h1-3,18-21H,4-17H2,(H,26,28)/t18-,21-. The molecule has 6 nitrogen and oxygen atoms in total. The fraction of sp³-hybridized carbons (Fsp3) is 0.720. The Morgan fingerprint density at radius 1 is 1.00 bits per heavy atom. The van der Waals surface area contributed by atoms with Gasteiger partial charge in [-0.15, -0.1) is 0 Å². The van der Waals surface area contributed by atoms with E-state index in [0.29, 0.717) is 31.1 Å². The fourth-order valence-electron chi connectivity index (χ4n) is 5.65. The lowest BCUT2D eigenvalue weighted by Gasteiger charge is -2.35. The molecule has 2 saturated heterocycles. The highest BCUT2D eigenvalue weighted by atomic mass is 16.7. The van der Waals surface area contributed by atoms with Crippen LogP contribution in [0.1, 0.15) is 62.8 Å². The van der Waals surface area contributed by atoms with Crippen LogP contribution in [0.5, 0.6) is 11.5 Å². The average molecular weight is 429 g/mol. The SMILES string of the molecule is O=C(CC1COC1)N[C@H]1CC[C@H](CCN2CCC(c3cccc4c3OCO4)CC2)CC1. The number of rotatable bonds is 7. The van der Waals surface area contributed by atoms with Gasteiger partial charge in [0.2, 0.25) is 12.7 Å². The molecule has 4 aliphatic rings. The zero-order chi connectivity index (χ0) is 21.0. The minimum atomic E-state index is 0.223. The number of benzene rings is 1. The van der Waals surface area contributed by atoms with E-state index in [1.54, 1.807) is 0 Å². The van der Waals surface area contributed by atoms with E-state index in [1.807, 2.05) is 6.07 Å². The predicted octanol–water partition coefficient (Wildman–Crippen LogP) is 3.70. The highest BCUT2D eigenvalue weighted by Gasteiger charge is 2.28. The molecule has 1 aromatic carbocycles. The van der Waals surface area contributed by atoms with Gasteiger partial charge in [0.05, 0.1) is 13.2 Å². The van der Waals surface area contributed by atoms with Gasteiger partial charge in [0.15, 0.2) is 11.5 Å². The first kappa shape index (κ1) is 21.1. The van der Waals surface area contributed by atoms with Crippen LogP contribution in [-0.4, -0.2) is 56.5 Å². The second-order valence-electron chi connectivity index (χ2n) is 9.88. The van der Waals surface area contributed by atoms with Crippen LogP contribution in [0.2, 0.25) is 0 Å². The van der Waals surface area contributed by atoms with Crippen molar-refractivity contribution in [3.63, 3.8) is 0 Å². The van der Waals surface area contributed by atoms with Crippen LogP contribution in [0, 0.1) is 11.8 Å². The van der Waals surface area contributed by atoms with E-state index < -0.39 is 0 Å². The Hall–Kier alpha value is -1.79. The molecule has 1 aromatic rings.